The SMILES string of the molecule is CC(C)(CO)c1cccc(S(N)(=O)=O)c1. The van der Waals surface area contributed by atoms with Gasteiger partial charge < -0.3 is 5.11 Å². The third kappa shape index (κ3) is 2.77. The summed E-state index contributed by atoms with van der Waals surface area (Å²) in [6.45, 7) is 3.60. The van der Waals surface area contributed by atoms with E-state index in [2.05, 4.69) is 0 Å². The van der Waals surface area contributed by atoms with E-state index in [9.17, 15) is 8.42 Å². The molecule has 0 spiro atoms. The van der Waals surface area contributed by atoms with Gasteiger partial charge in [-0.2, -0.15) is 0 Å². The average molecular weight is 229 g/mol. The van der Waals surface area contributed by atoms with Crippen LogP contribution in [-0.4, -0.2) is 20.1 Å². The zero-order valence-corrected chi connectivity index (χ0v) is 9.58. The van der Waals surface area contributed by atoms with Crippen LogP contribution in [-0.2, 0) is 15.4 Å². The maximum atomic E-state index is 11.1. The second-order valence-electron chi connectivity index (χ2n) is 4.11. The van der Waals surface area contributed by atoms with Crippen LogP contribution in [0.5, 0.6) is 0 Å². The van der Waals surface area contributed by atoms with E-state index >= 15 is 0 Å². The number of aliphatic hydroxyl groups excluding tert-OH is 1. The molecule has 1 aromatic rings. The zero-order valence-electron chi connectivity index (χ0n) is 8.77. The van der Waals surface area contributed by atoms with E-state index in [0.29, 0.717) is 0 Å². The lowest BCUT2D eigenvalue weighted by atomic mass is 9.86. The summed E-state index contributed by atoms with van der Waals surface area (Å²) in [6.07, 6.45) is 0. The summed E-state index contributed by atoms with van der Waals surface area (Å²) in [5.41, 5.74) is 0.275. The number of hydrogen-bond acceptors (Lipinski definition) is 3. The highest BCUT2D eigenvalue weighted by molar-refractivity contribution is 7.89. The van der Waals surface area contributed by atoms with Gasteiger partial charge in [0, 0.05) is 5.41 Å². The topological polar surface area (TPSA) is 80.4 Å². The van der Waals surface area contributed by atoms with Crippen LogP contribution in [0.3, 0.4) is 0 Å². The molecule has 0 heterocycles. The predicted octanol–water partition coefficient (Wildman–Crippen LogP) is 0.604. The molecule has 1 aromatic carbocycles. The highest BCUT2D eigenvalue weighted by Crippen LogP contribution is 2.24. The lowest BCUT2D eigenvalue weighted by Crippen LogP contribution is -2.23. The largest absolute Gasteiger partial charge is 0.395 e. The molecule has 0 atom stereocenters. The molecule has 15 heavy (non-hydrogen) atoms. The van der Waals surface area contributed by atoms with Gasteiger partial charge in [-0.15, -0.1) is 0 Å². The van der Waals surface area contributed by atoms with Gasteiger partial charge in [-0.05, 0) is 17.7 Å². The fourth-order valence-corrected chi connectivity index (χ4v) is 1.74. The zero-order chi connectivity index (χ0) is 11.7. The highest BCUT2D eigenvalue weighted by Gasteiger charge is 2.20. The van der Waals surface area contributed by atoms with Crippen molar-refractivity contribution >= 4 is 10.0 Å². The monoisotopic (exact) mass is 229 g/mol. The first-order valence-electron chi connectivity index (χ1n) is 4.51. The van der Waals surface area contributed by atoms with E-state index in [1.165, 1.54) is 12.1 Å². The summed E-state index contributed by atoms with van der Waals surface area (Å²) in [5.74, 6) is 0. The van der Waals surface area contributed by atoms with Crippen molar-refractivity contribution < 1.29 is 13.5 Å². The van der Waals surface area contributed by atoms with Crippen molar-refractivity contribution in [3.63, 3.8) is 0 Å². The Morgan fingerprint density at radius 2 is 2.00 bits per heavy atom. The first-order chi connectivity index (χ1) is 6.77. The Bertz CT molecular complexity index is 451. The molecule has 0 aliphatic carbocycles. The number of primary sulfonamides is 1. The van der Waals surface area contributed by atoms with E-state index in [4.69, 9.17) is 10.2 Å². The summed E-state index contributed by atoms with van der Waals surface area (Å²) in [4.78, 5) is 0.0709. The van der Waals surface area contributed by atoms with Gasteiger partial charge in [0.15, 0.2) is 0 Å². The first-order valence-corrected chi connectivity index (χ1v) is 6.06. The smallest absolute Gasteiger partial charge is 0.238 e. The van der Waals surface area contributed by atoms with Gasteiger partial charge in [-0.3, -0.25) is 0 Å². The highest BCUT2D eigenvalue weighted by atomic mass is 32.2. The minimum atomic E-state index is -3.68. The molecule has 0 aromatic heterocycles. The molecule has 0 aliphatic rings. The Labute approximate surface area is 89.8 Å². The maximum Gasteiger partial charge on any atom is 0.238 e. The maximum absolute atomic E-state index is 11.1. The van der Waals surface area contributed by atoms with Crippen LogP contribution in [0.25, 0.3) is 0 Å². The van der Waals surface area contributed by atoms with Gasteiger partial charge >= 0.3 is 0 Å². The fourth-order valence-electron chi connectivity index (χ4n) is 1.19. The lowest BCUT2D eigenvalue weighted by molar-refractivity contribution is 0.218. The third-order valence-electron chi connectivity index (χ3n) is 2.34. The van der Waals surface area contributed by atoms with E-state index in [-0.39, 0.29) is 11.5 Å². The van der Waals surface area contributed by atoms with E-state index in [0.717, 1.165) is 5.56 Å². The molecule has 0 saturated heterocycles. The summed E-state index contributed by atoms with van der Waals surface area (Å²) in [7, 11) is -3.68. The van der Waals surface area contributed by atoms with Crippen molar-refractivity contribution in [1.29, 1.82) is 0 Å². The second-order valence-corrected chi connectivity index (χ2v) is 5.68. The summed E-state index contributed by atoms with van der Waals surface area (Å²) >= 11 is 0. The Hall–Kier alpha value is -0.910. The van der Waals surface area contributed by atoms with Crippen LogP contribution in [0.4, 0.5) is 0 Å². The van der Waals surface area contributed by atoms with Crippen LogP contribution < -0.4 is 5.14 Å². The number of nitrogens with two attached hydrogens (primary N) is 1. The van der Waals surface area contributed by atoms with Crippen LogP contribution in [0.15, 0.2) is 29.2 Å². The molecule has 0 bridgehead atoms. The van der Waals surface area contributed by atoms with Crippen molar-refractivity contribution in [3.05, 3.63) is 29.8 Å². The summed E-state index contributed by atoms with van der Waals surface area (Å²) in [5, 5.41) is 14.2. The quantitative estimate of drug-likeness (QED) is 0.796. The van der Waals surface area contributed by atoms with Gasteiger partial charge in [0.05, 0.1) is 11.5 Å². The first kappa shape index (κ1) is 12.2. The Morgan fingerprint density at radius 1 is 1.40 bits per heavy atom. The number of rotatable bonds is 3. The fraction of sp³-hybridized carbons (Fsp3) is 0.400. The molecule has 0 unspecified atom stereocenters. The van der Waals surface area contributed by atoms with Crippen molar-refractivity contribution in [2.75, 3.05) is 6.61 Å². The van der Waals surface area contributed by atoms with Crippen molar-refractivity contribution in [2.24, 2.45) is 5.14 Å². The molecule has 0 radical (unpaired) electrons. The molecular formula is C10H15NO3S. The normalized spacial score (nSPS) is 12.8. The number of sulfonamides is 1. The van der Waals surface area contributed by atoms with Gasteiger partial charge in [0.2, 0.25) is 10.0 Å². The molecule has 0 aliphatic heterocycles. The molecule has 0 saturated carbocycles. The van der Waals surface area contributed by atoms with Gasteiger partial charge in [0.25, 0.3) is 0 Å². The molecule has 4 nitrogen and oxygen atoms in total. The average Bonchev–Trinajstić information content (AvgIpc) is 2.17. The second kappa shape index (κ2) is 3.92. The third-order valence-corrected chi connectivity index (χ3v) is 3.25. The van der Waals surface area contributed by atoms with Gasteiger partial charge in [0.1, 0.15) is 0 Å². The summed E-state index contributed by atoms with van der Waals surface area (Å²) < 4.78 is 22.2. The van der Waals surface area contributed by atoms with Gasteiger partial charge in [-0.1, -0.05) is 26.0 Å². The molecule has 84 valence electrons. The van der Waals surface area contributed by atoms with E-state index in [1.54, 1.807) is 12.1 Å². The number of hydrogen-bond donors (Lipinski definition) is 2. The molecule has 0 amide bonds. The van der Waals surface area contributed by atoms with Crippen molar-refractivity contribution in [2.45, 2.75) is 24.2 Å². The minimum Gasteiger partial charge on any atom is -0.395 e. The number of aliphatic hydroxyl groups is 1. The van der Waals surface area contributed by atoms with Crippen molar-refractivity contribution in [1.82, 2.24) is 0 Å². The minimum absolute atomic E-state index is 0.0545. The van der Waals surface area contributed by atoms with Crippen molar-refractivity contribution in [3.8, 4) is 0 Å². The van der Waals surface area contributed by atoms with E-state index in [1.807, 2.05) is 13.8 Å². The summed E-state index contributed by atoms with van der Waals surface area (Å²) in [6, 6.07) is 6.31. The lowest BCUT2D eigenvalue weighted by Gasteiger charge is -2.22. The molecule has 3 N–H and O–H groups in total. The van der Waals surface area contributed by atoms with Crippen LogP contribution in [0, 0.1) is 0 Å². The Balaban J connectivity index is 3.26. The van der Waals surface area contributed by atoms with Gasteiger partial charge in [-0.25, -0.2) is 13.6 Å². The Morgan fingerprint density at radius 3 is 2.47 bits per heavy atom. The molecular weight excluding hydrogens is 214 g/mol. The molecule has 5 heteroatoms. The Kier molecular flexibility index (Phi) is 3.18. The standard InChI is InChI=1S/C10H15NO3S/c1-10(2,7-12)8-4-3-5-9(6-8)15(11,13)14/h3-6,12H,7H2,1-2H3,(H2,11,13,14). The number of benzene rings is 1. The van der Waals surface area contributed by atoms with Crippen LogP contribution in [0.2, 0.25) is 0 Å². The predicted molar refractivity (Wildman–Crippen MR) is 57.9 cm³/mol. The van der Waals surface area contributed by atoms with Crippen LogP contribution in [0.1, 0.15) is 19.4 Å². The van der Waals surface area contributed by atoms with Crippen LogP contribution >= 0.6 is 0 Å². The molecule has 0 fully saturated rings. The van der Waals surface area contributed by atoms with E-state index < -0.39 is 15.4 Å². The molecule has 1 rings (SSSR count).